The molecule has 0 radical (unpaired) electrons. The number of aromatic nitrogens is 1. The lowest BCUT2D eigenvalue weighted by atomic mass is 9.92. The Kier molecular flexibility index (Phi) is 7.04. The van der Waals surface area contributed by atoms with Crippen LogP contribution in [0.4, 0.5) is 5.82 Å². The molecular weight excluding hydrogens is 348 g/mol. The van der Waals surface area contributed by atoms with E-state index in [-0.39, 0.29) is 17.9 Å². The molecule has 2 N–H and O–H groups in total. The van der Waals surface area contributed by atoms with Crippen molar-refractivity contribution in [1.29, 1.82) is 0 Å². The second-order valence-electron chi connectivity index (χ2n) is 7.72. The highest BCUT2D eigenvalue weighted by atomic mass is 16.2. The van der Waals surface area contributed by atoms with Gasteiger partial charge >= 0.3 is 0 Å². The summed E-state index contributed by atoms with van der Waals surface area (Å²) in [5.74, 6) is 1.51. The second kappa shape index (κ2) is 9.69. The normalized spacial score (nSPS) is 17.2. The molecule has 0 spiro atoms. The number of piperidine rings is 1. The maximum Gasteiger partial charge on any atom is 0.227 e. The largest absolute Gasteiger partial charge is 0.357 e. The van der Waals surface area contributed by atoms with E-state index in [1.807, 2.05) is 60.5 Å². The Morgan fingerprint density at radius 3 is 2.46 bits per heavy atom. The van der Waals surface area contributed by atoms with Crippen molar-refractivity contribution >= 4 is 11.7 Å². The van der Waals surface area contributed by atoms with Gasteiger partial charge in [-0.05, 0) is 43.4 Å². The highest BCUT2D eigenvalue weighted by Crippen LogP contribution is 2.25. The van der Waals surface area contributed by atoms with Crippen LogP contribution in [0.25, 0.3) is 0 Å². The molecule has 2 heterocycles. The molecule has 1 amide bonds. The van der Waals surface area contributed by atoms with E-state index in [0.717, 1.165) is 50.4 Å². The number of pyridine rings is 1. The molecule has 1 aromatic carbocycles. The number of rotatable bonds is 7. The van der Waals surface area contributed by atoms with E-state index in [9.17, 15) is 4.79 Å². The van der Waals surface area contributed by atoms with Crippen molar-refractivity contribution in [2.75, 3.05) is 31.1 Å². The third-order valence-electron chi connectivity index (χ3n) is 5.87. The number of hydrogen-bond donors (Lipinski definition) is 1. The summed E-state index contributed by atoms with van der Waals surface area (Å²) in [6, 6.07) is 15.7. The Morgan fingerprint density at radius 2 is 1.86 bits per heavy atom. The van der Waals surface area contributed by atoms with E-state index >= 15 is 0 Å². The van der Waals surface area contributed by atoms with Gasteiger partial charge in [-0.2, -0.15) is 0 Å². The summed E-state index contributed by atoms with van der Waals surface area (Å²) in [4.78, 5) is 21.9. The van der Waals surface area contributed by atoms with Crippen LogP contribution in [-0.4, -0.2) is 42.0 Å². The first-order valence-corrected chi connectivity index (χ1v) is 10.4. The van der Waals surface area contributed by atoms with Crippen molar-refractivity contribution in [2.45, 2.75) is 32.7 Å². The molecule has 0 bridgehead atoms. The summed E-state index contributed by atoms with van der Waals surface area (Å²) in [6.07, 6.45) is 4.01. The summed E-state index contributed by atoms with van der Waals surface area (Å²) in [7, 11) is 0. The number of carbonyl (C=O) groups is 1. The lowest BCUT2D eigenvalue weighted by Crippen LogP contribution is -2.44. The summed E-state index contributed by atoms with van der Waals surface area (Å²) in [6.45, 7) is 7.54. The number of amides is 1. The molecule has 150 valence electrons. The van der Waals surface area contributed by atoms with E-state index in [4.69, 9.17) is 5.73 Å². The van der Waals surface area contributed by atoms with Crippen LogP contribution in [0.2, 0.25) is 0 Å². The number of nitrogens with two attached hydrogens (primary N) is 1. The Morgan fingerprint density at radius 1 is 1.18 bits per heavy atom. The molecule has 1 saturated heterocycles. The fourth-order valence-corrected chi connectivity index (χ4v) is 3.98. The molecule has 28 heavy (non-hydrogen) atoms. The first-order chi connectivity index (χ1) is 13.6. The molecule has 1 fully saturated rings. The molecule has 0 saturated carbocycles. The molecule has 5 heteroatoms. The molecule has 2 atom stereocenters. The molecule has 2 aromatic rings. The van der Waals surface area contributed by atoms with Gasteiger partial charge in [0, 0.05) is 38.4 Å². The molecule has 3 rings (SSSR count). The van der Waals surface area contributed by atoms with Gasteiger partial charge in [-0.1, -0.05) is 43.3 Å². The highest BCUT2D eigenvalue weighted by molar-refractivity contribution is 5.79. The van der Waals surface area contributed by atoms with Crippen LogP contribution in [0.3, 0.4) is 0 Å². The van der Waals surface area contributed by atoms with E-state index < -0.39 is 0 Å². The zero-order valence-corrected chi connectivity index (χ0v) is 17.0. The van der Waals surface area contributed by atoms with Crippen molar-refractivity contribution in [3.63, 3.8) is 0 Å². The predicted octanol–water partition coefficient (Wildman–Crippen LogP) is 3.48. The monoisotopic (exact) mass is 380 g/mol. The van der Waals surface area contributed by atoms with Crippen molar-refractivity contribution < 1.29 is 4.79 Å². The lowest BCUT2D eigenvalue weighted by Gasteiger charge is -2.36. The van der Waals surface area contributed by atoms with Crippen LogP contribution >= 0.6 is 0 Å². The predicted molar refractivity (Wildman–Crippen MR) is 114 cm³/mol. The summed E-state index contributed by atoms with van der Waals surface area (Å²) >= 11 is 0. The van der Waals surface area contributed by atoms with Gasteiger partial charge in [0.25, 0.3) is 0 Å². The standard InChI is InChI=1S/C23H32N4O/c1-3-26(23(28)18(2)22(24)20-9-5-4-6-10-20)17-19-12-15-27(16-13-19)21-11-7-8-14-25-21/h4-11,14,18-19,22H,3,12-13,15-17,24H2,1-2H3. The molecule has 1 aromatic heterocycles. The van der Waals surface area contributed by atoms with Gasteiger partial charge in [-0.3, -0.25) is 4.79 Å². The van der Waals surface area contributed by atoms with Crippen molar-refractivity contribution in [2.24, 2.45) is 17.6 Å². The SMILES string of the molecule is CCN(CC1CCN(c2ccccn2)CC1)C(=O)C(C)C(N)c1ccccc1. The number of benzene rings is 1. The molecular formula is C23H32N4O. The molecule has 0 aliphatic carbocycles. The summed E-state index contributed by atoms with van der Waals surface area (Å²) in [5, 5.41) is 0. The zero-order chi connectivity index (χ0) is 19.9. The number of hydrogen-bond acceptors (Lipinski definition) is 4. The van der Waals surface area contributed by atoms with Gasteiger partial charge in [0.2, 0.25) is 5.91 Å². The average Bonchev–Trinajstić information content (AvgIpc) is 2.77. The van der Waals surface area contributed by atoms with E-state index in [1.54, 1.807) is 0 Å². The summed E-state index contributed by atoms with van der Waals surface area (Å²) < 4.78 is 0. The fourth-order valence-electron chi connectivity index (χ4n) is 3.98. The number of nitrogens with zero attached hydrogens (tertiary/aromatic N) is 3. The van der Waals surface area contributed by atoms with Crippen LogP contribution < -0.4 is 10.6 Å². The Hall–Kier alpha value is -2.40. The van der Waals surface area contributed by atoms with Gasteiger partial charge in [-0.25, -0.2) is 4.98 Å². The van der Waals surface area contributed by atoms with Crippen LogP contribution in [0, 0.1) is 11.8 Å². The lowest BCUT2D eigenvalue weighted by molar-refractivity contribution is -0.136. The maximum atomic E-state index is 13.1. The van der Waals surface area contributed by atoms with Crippen molar-refractivity contribution in [3.05, 3.63) is 60.3 Å². The molecule has 5 nitrogen and oxygen atoms in total. The minimum absolute atomic E-state index is 0.158. The van der Waals surface area contributed by atoms with Gasteiger partial charge in [0.15, 0.2) is 0 Å². The number of carbonyl (C=O) groups excluding carboxylic acids is 1. The third-order valence-corrected chi connectivity index (χ3v) is 5.87. The maximum absolute atomic E-state index is 13.1. The van der Waals surface area contributed by atoms with E-state index in [0.29, 0.717) is 5.92 Å². The molecule has 2 unspecified atom stereocenters. The quantitative estimate of drug-likeness (QED) is 0.799. The van der Waals surface area contributed by atoms with Crippen LogP contribution in [0.5, 0.6) is 0 Å². The van der Waals surface area contributed by atoms with E-state index in [2.05, 4.69) is 22.9 Å². The third kappa shape index (κ3) is 4.90. The molecule has 1 aliphatic heterocycles. The van der Waals surface area contributed by atoms with Gasteiger partial charge < -0.3 is 15.5 Å². The average molecular weight is 381 g/mol. The fraction of sp³-hybridized carbons (Fsp3) is 0.478. The zero-order valence-electron chi connectivity index (χ0n) is 17.0. The first-order valence-electron chi connectivity index (χ1n) is 10.4. The second-order valence-corrected chi connectivity index (χ2v) is 7.72. The smallest absolute Gasteiger partial charge is 0.227 e. The van der Waals surface area contributed by atoms with Crippen molar-refractivity contribution in [3.8, 4) is 0 Å². The molecule has 1 aliphatic rings. The van der Waals surface area contributed by atoms with Gasteiger partial charge in [0.1, 0.15) is 5.82 Å². The van der Waals surface area contributed by atoms with E-state index in [1.165, 1.54) is 0 Å². The minimum atomic E-state index is -0.270. The topological polar surface area (TPSA) is 62.5 Å². The van der Waals surface area contributed by atoms with Crippen molar-refractivity contribution in [1.82, 2.24) is 9.88 Å². The van der Waals surface area contributed by atoms with Gasteiger partial charge in [0.05, 0.1) is 5.92 Å². The Bertz CT molecular complexity index is 729. The van der Waals surface area contributed by atoms with Gasteiger partial charge in [-0.15, -0.1) is 0 Å². The minimum Gasteiger partial charge on any atom is -0.357 e. The Balaban J connectivity index is 1.54. The summed E-state index contributed by atoms with van der Waals surface area (Å²) in [5.41, 5.74) is 7.40. The van der Waals surface area contributed by atoms with Crippen LogP contribution in [0.1, 0.15) is 38.3 Å². The Labute approximate surface area is 168 Å². The van der Waals surface area contributed by atoms with Crippen LogP contribution in [0.15, 0.2) is 54.7 Å². The first kappa shape index (κ1) is 20.3. The van der Waals surface area contributed by atoms with Crippen LogP contribution in [-0.2, 0) is 4.79 Å². The number of anilines is 1. The highest BCUT2D eigenvalue weighted by Gasteiger charge is 2.29.